The topological polar surface area (TPSA) is 46.2 Å². The van der Waals surface area contributed by atoms with E-state index in [0.29, 0.717) is 16.2 Å². The first-order chi connectivity index (χ1) is 9.38. The van der Waals surface area contributed by atoms with Gasteiger partial charge in [-0.3, -0.25) is 0 Å². The normalized spacial score (nSPS) is 15.0. The maximum absolute atomic E-state index is 11.4. The number of thioether (sulfide) groups is 1. The molecule has 20 heavy (non-hydrogen) atoms. The molecule has 5 heteroatoms. The average Bonchev–Trinajstić information content (AvgIpc) is 2.39. The Morgan fingerprint density at radius 1 is 1.20 bits per heavy atom. The van der Waals surface area contributed by atoms with Crippen molar-refractivity contribution in [3.05, 3.63) is 24.3 Å². The van der Waals surface area contributed by atoms with Gasteiger partial charge in [0, 0.05) is 22.4 Å². The first-order valence-electron chi connectivity index (χ1n) is 7.08. The molecule has 114 valence electrons. The van der Waals surface area contributed by atoms with Gasteiger partial charge in [0.2, 0.25) is 0 Å². The molecule has 1 aromatic rings. The maximum atomic E-state index is 11.4. The van der Waals surface area contributed by atoms with Crippen molar-refractivity contribution in [1.82, 2.24) is 5.32 Å². The molecule has 0 aromatic heterocycles. The van der Waals surface area contributed by atoms with E-state index in [9.17, 15) is 8.42 Å². The molecule has 1 aromatic carbocycles. The molecule has 0 aliphatic carbocycles. The fourth-order valence-electron chi connectivity index (χ4n) is 2.03. The van der Waals surface area contributed by atoms with Crippen molar-refractivity contribution in [2.24, 2.45) is 0 Å². The summed E-state index contributed by atoms with van der Waals surface area (Å²) in [6.45, 7) is 7.61. The summed E-state index contributed by atoms with van der Waals surface area (Å²) in [5.41, 5.74) is 0. The molecule has 2 unspecified atom stereocenters. The summed E-state index contributed by atoms with van der Waals surface area (Å²) < 4.78 is 22.8. The maximum Gasteiger partial charge on any atom is 0.175 e. The predicted octanol–water partition coefficient (Wildman–Crippen LogP) is 3.35. The monoisotopic (exact) mass is 315 g/mol. The Labute approximate surface area is 127 Å². The highest BCUT2D eigenvalue weighted by Gasteiger charge is 2.16. The number of hydrogen-bond donors (Lipinski definition) is 1. The molecular weight excluding hydrogens is 290 g/mol. The highest BCUT2D eigenvalue weighted by Crippen LogP contribution is 2.27. The number of rotatable bonds is 8. The van der Waals surface area contributed by atoms with Crippen LogP contribution in [-0.2, 0) is 9.84 Å². The minimum Gasteiger partial charge on any atom is -0.313 e. The lowest BCUT2D eigenvalue weighted by atomic mass is 10.1. The van der Waals surface area contributed by atoms with Crippen molar-refractivity contribution in [2.45, 2.75) is 54.7 Å². The van der Waals surface area contributed by atoms with Crippen molar-refractivity contribution >= 4 is 21.6 Å². The lowest BCUT2D eigenvalue weighted by Gasteiger charge is -2.23. The van der Waals surface area contributed by atoms with Gasteiger partial charge in [-0.1, -0.05) is 20.8 Å². The van der Waals surface area contributed by atoms with Gasteiger partial charge in [0.15, 0.2) is 9.84 Å². The van der Waals surface area contributed by atoms with Crippen LogP contribution in [0.15, 0.2) is 34.1 Å². The highest BCUT2D eigenvalue weighted by atomic mass is 32.2. The Morgan fingerprint density at radius 2 is 1.80 bits per heavy atom. The molecule has 1 rings (SSSR count). The van der Waals surface area contributed by atoms with Gasteiger partial charge in [-0.25, -0.2) is 8.42 Å². The van der Waals surface area contributed by atoms with Crippen molar-refractivity contribution in [1.29, 1.82) is 0 Å². The zero-order valence-corrected chi connectivity index (χ0v) is 14.4. The molecule has 0 radical (unpaired) electrons. The zero-order valence-electron chi connectivity index (χ0n) is 12.7. The van der Waals surface area contributed by atoms with Crippen LogP contribution in [0, 0.1) is 0 Å². The molecule has 0 heterocycles. The largest absolute Gasteiger partial charge is 0.313 e. The molecular formula is C15H25NO2S2. The summed E-state index contributed by atoms with van der Waals surface area (Å²) >= 11 is 1.79. The molecule has 0 aliphatic heterocycles. The molecule has 0 amide bonds. The SMILES string of the molecule is CCCNC(CC)C(C)Sc1ccc(S(C)(=O)=O)cc1. The van der Waals surface area contributed by atoms with Gasteiger partial charge >= 0.3 is 0 Å². The van der Waals surface area contributed by atoms with E-state index in [-0.39, 0.29) is 0 Å². The fourth-order valence-corrected chi connectivity index (χ4v) is 3.84. The molecule has 1 N–H and O–H groups in total. The molecule has 0 saturated carbocycles. The smallest absolute Gasteiger partial charge is 0.175 e. The van der Waals surface area contributed by atoms with Crippen LogP contribution in [-0.4, -0.2) is 32.5 Å². The summed E-state index contributed by atoms with van der Waals surface area (Å²) in [6, 6.07) is 7.64. The standard InChI is InChI=1S/C15H25NO2S2/c1-5-11-16-15(6-2)12(3)19-13-7-9-14(10-8-13)20(4,17)18/h7-10,12,15-16H,5-6,11H2,1-4H3. The van der Waals surface area contributed by atoms with E-state index in [1.54, 1.807) is 23.9 Å². The lowest BCUT2D eigenvalue weighted by Crippen LogP contribution is -2.36. The molecule has 2 atom stereocenters. The Morgan fingerprint density at radius 3 is 2.25 bits per heavy atom. The quantitative estimate of drug-likeness (QED) is 0.747. The van der Waals surface area contributed by atoms with Gasteiger partial charge in [0.25, 0.3) is 0 Å². The first-order valence-corrected chi connectivity index (χ1v) is 9.85. The molecule has 0 aliphatic rings. The van der Waals surface area contributed by atoms with E-state index < -0.39 is 9.84 Å². The molecule has 0 spiro atoms. The van der Waals surface area contributed by atoms with E-state index in [4.69, 9.17) is 0 Å². The fraction of sp³-hybridized carbons (Fsp3) is 0.600. The van der Waals surface area contributed by atoms with Gasteiger partial charge in [0.05, 0.1) is 4.90 Å². The van der Waals surface area contributed by atoms with Crippen LogP contribution in [0.2, 0.25) is 0 Å². The van der Waals surface area contributed by atoms with Crippen LogP contribution >= 0.6 is 11.8 Å². The van der Waals surface area contributed by atoms with E-state index in [0.717, 1.165) is 24.3 Å². The third kappa shape index (κ3) is 5.46. The summed E-state index contributed by atoms with van der Waals surface area (Å²) in [6.07, 6.45) is 3.46. The second-order valence-electron chi connectivity index (χ2n) is 5.04. The zero-order chi connectivity index (χ0) is 15.2. The minimum atomic E-state index is -3.10. The number of sulfone groups is 1. The Balaban J connectivity index is 2.68. The van der Waals surface area contributed by atoms with Gasteiger partial charge < -0.3 is 5.32 Å². The summed E-state index contributed by atoms with van der Waals surface area (Å²) in [5.74, 6) is 0. The number of hydrogen-bond acceptors (Lipinski definition) is 4. The Hall–Kier alpha value is -0.520. The van der Waals surface area contributed by atoms with Crippen LogP contribution in [0.4, 0.5) is 0 Å². The van der Waals surface area contributed by atoms with E-state index in [1.165, 1.54) is 6.26 Å². The van der Waals surface area contributed by atoms with E-state index >= 15 is 0 Å². The van der Waals surface area contributed by atoms with Gasteiger partial charge in [-0.05, 0) is 43.7 Å². The lowest BCUT2D eigenvalue weighted by molar-refractivity contribution is 0.494. The predicted molar refractivity (Wildman–Crippen MR) is 87.2 cm³/mol. The minimum absolute atomic E-state index is 0.380. The van der Waals surface area contributed by atoms with Crippen LogP contribution < -0.4 is 5.32 Å². The van der Waals surface area contributed by atoms with Crippen LogP contribution in [0.5, 0.6) is 0 Å². The molecule has 0 fully saturated rings. The van der Waals surface area contributed by atoms with E-state index in [1.807, 2.05) is 12.1 Å². The number of benzene rings is 1. The van der Waals surface area contributed by atoms with Crippen LogP contribution in [0.25, 0.3) is 0 Å². The molecule has 3 nitrogen and oxygen atoms in total. The van der Waals surface area contributed by atoms with Gasteiger partial charge in [-0.15, -0.1) is 11.8 Å². The third-order valence-electron chi connectivity index (χ3n) is 3.24. The highest BCUT2D eigenvalue weighted by molar-refractivity contribution is 8.00. The third-order valence-corrected chi connectivity index (χ3v) is 5.61. The van der Waals surface area contributed by atoms with Crippen molar-refractivity contribution in [2.75, 3.05) is 12.8 Å². The van der Waals surface area contributed by atoms with Crippen molar-refractivity contribution < 1.29 is 8.42 Å². The Kier molecular flexibility index (Phi) is 7.06. The second kappa shape index (κ2) is 8.05. The van der Waals surface area contributed by atoms with E-state index in [2.05, 4.69) is 26.1 Å². The van der Waals surface area contributed by atoms with Crippen molar-refractivity contribution in [3.8, 4) is 0 Å². The first kappa shape index (κ1) is 17.5. The summed E-state index contributed by atoms with van der Waals surface area (Å²) in [7, 11) is -3.10. The summed E-state index contributed by atoms with van der Waals surface area (Å²) in [4.78, 5) is 1.49. The average molecular weight is 316 g/mol. The molecule has 0 bridgehead atoms. The Bertz CT molecular complexity index is 497. The number of nitrogens with one attached hydrogen (secondary N) is 1. The summed E-state index contributed by atoms with van der Waals surface area (Å²) in [5, 5.41) is 4.01. The van der Waals surface area contributed by atoms with Crippen LogP contribution in [0.1, 0.15) is 33.6 Å². The van der Waals surface area contributed by atoms with Gasteiger partial charge in [0.1, 0.15) is 0 Å². The van der Waals surface area contributed by atoms with Crippen LogP contribution in [0.3, 0.4) is 0 Å². The van der Waals surface area contributed by atoms with Crippen molar-refractivity contribution in [3.63, 3.8) is 0 Å². The molecule has 0 saturated heterocycles. The second-order valence-corrected chi connectivity index (χ2v) is 8.50. The van der Waals surface area contributed by atoms with Gasteiger partial charge in [-0.2, -0.15) is 0 Å².